The number of benzene rings is 1. The van der Waals surface area contributed by atoms with Gasteiger partial charge in [-0.3, -0.25) is 0 Å². The standard InChI is InChI=1S/C11H16N2O2/c12-7-9(13)8-3-1-4-10-11(8)15-6-2-5-14-10/h1,3-4,9H,2,5-7,12-13H2. The molecule has 2 rings (SSSR count). The third kappa shape index (κ3) is 2.06. The van der Waals surface area contributed by atoms with Gasteiger partial charge in [0, 0.05) is 24.6 Å². The lowest BCUT2D eigenvalue weighted by atomic mass is 10.1. The summed E-state index contributed by atoms with van der Waals surface area (Å²) in [4.78, 5) is 0. The van der Waals surface area contributed by atoms with Gasteiger partial charge in [0.2, 0.25) is 0 Å². The van der Waals surface area contributed by atoms with Crippen LogP contribution in [0.25, 0.3) is 0 Å². The van der Waals surface area contributed by atoms with Gasteiger partial charge >= 0.3 is 0 Å². The minimum absolute atomic E-state index is 0.193. The van der Waals surface area contributed by atoms with Crippen molar-refractivity contribution in [3.63, 3.8) is 0 Å². The van der Waals surface area contributed by atoms with Crippen molar-refractivity contribution in [3.8, 4) is 11.5 Å². The highest BCUT2D eigenvalue weighted by atomic mass is 16.5. The van der Waals surface area contributed by atoms with E-state index in [1.54, 1.807) is 0 Å². The minimum Gasteiger partial charge on any atom is -0.490 e. The van der Waals surface area contributed by atoms with E-state index in [1.165, 1.54) is 0 Å². The number of ether oxygens (including phenoxy) is 2. The van der Waals surface area contributed by atoms with Crippen molar-refractivity contribution < 1.29 is 9.47 Å². The SMILES string of the molecule is NCC(N)c1cccc2c1OCCCO2. The second-order valence-corrected chi connectivity index (χ2v) is 3.57. The summed E-state index contributed by atoms with van der Waals surface area (Å²) in [6, 6.07) is 5.55. The minimum atomic E-state index is -0.193. The van der Waals surface area contributed by atoms with Gasteiger partial charge in [-0.25, -0.2) is 0 Å². The largest absolute Gasteiger partial charge is 0.490 e. The Balaban J connectivity index is 2.38. The Bertz CT molecular complexity index is 341. The smallest absolute Gasteiger partial charge is 0.165 e. The Kier molecular flexibility index (Phi) is 3.08. The Morgan fingerprint density at radius 1 is 1.27 bits per heavy atom. The molecule has 0 amide bonds. The molecule has 0 aromatic heterocycles. The third-order valence-electron chi connectivity index (χ3n) is 2.46. The zero-order valence-electron chi connectivity index (χ0n) is 8.61. The second-order valence-electron chi connectivity index (χ2n) is 3.57. The molecule has 0 aliphatic carbocycles. The molecule has 4 heteroatoms. The lowest BCUT2D eigenvalue weighted by molar-refractivity contribution is 0.295. The molecule has 1 aliphatic rings. The van der Waals surface area contributed by atoms with Gasteiger partial charge in [0.15, 0.2) is 11.5 Å². The van der Waals surface area contributed by atoms with Crippen LogP contribution < -0.4 is 20.9 Å². The van der Waals surface area contributed by atoms with E-state index >= 15 is 0 Å². The van der Waals surface area contributed by atoms with Gasteiger partial charge in [0.05, 0.1) is 13.2 Å². The van der Waals surface area contributed by atoms with E-state index in [2.05, 4.69) is 0 Å². The molecule has 0 saturated heterocycles. The van der Waals surface area contributed by atoms with Crippen molar-refractivity contribution in [1.82, 2.24) is 0 Å². The van der Waals surface area contributed by atoms with Crippen LogP contribution in [-0.2, 0) is 0 Å². The van der Waals surface area contributed by atoms with E-state index < -0.39 is 0 Å². The maximum atomic E-state index is 5.91. The lowest BCUT2D eigenvalue weighted by Crippen LogP contribution is -2.21. The van der Waals surface area contributed by atoms with Crippen LogP contribution in [-0.4, -0.2) is 19.8 Å². The molecule has 0 bridgehead atoms. The molecule has 1 aromatic rings. The first-order chi connectivity index (χ1) is 7.33. The molecule has 1 aliphatic heterocycles. The van der Waals surface area contributed by atoms with E-state index in [1.807, 2.05) is 18.2 Å². The Morgan fingerprint density at radius 3 is 2.87 bits per heavy atom. The van der Waals surface area contributed by atoms with Crippen LogP contribution in [0.1, 0.15) is 18.0 Å². The number of fused-ring (bicyclic) bond motifs is 1. The van der Waals surface area contributed by atoms with Gasteiger partial charge in [-0.2, -0.15) is 0 Å². The van der Waals surface area contributed by atoms with Crippen molar-refractivity contribution in [2.75, 3.05) is 19.8 Å². The van der Waals surface area contributed by atoms with Crippen LogP contribution in [0.4, 0.5) is 0 Å². The van der Waals surface area contributed by atoms with Crippen LogP contribution in [0.2, 0.25) is 0 Å². The molecule has 1 unspecified atom stereocenters. The van der Waals surface area contributed by atoms with Gasteiger partial charge in [-0.1, -0.05) is 12.1 Å². The fraction of sp³-hybridized carbons (Fsp3) is 0.455. The Labute approximate surface area is 89.2 Å². The molecule has 1 heterocycles. The number of hydrogen-bond acceptors (Lipinski definition) is 4. The molecule has 0 saturated carbocycles. The third-order valence-corrected chi connectivity index (χ3v) is 2.46. The molecule has 0 radical (unpaired) electrons. The summed E-state index contributed by atoms with van der Waals surface area (Å²) in [6.07, 6.45) is 0.895. The number of hydrogen-bond donors (Lipinski definition) is 2. The molecule has 4 nitrogen and oxygen atoms in total. The zero-order chi connectivity index (χ0) is 10.7. The van der Waals surface area contributed by atoms with Gasteiger partial charge in [-0.05, 0) is 6.07 Å². The quantitative estimate of drug-likeness (QED) is 0.754. The van der Waals surface area contributed by atoms with E-state index in [9.17, 15) is 0 Å². The molecule has 0 fully saturated rings. The van der Waals surface area contributed by atoms with E-state index in [4.69, 9.17) is 20.9 Å². The summed E-state index contributed by atoms with van der Waals surface area (Å²) >= 11 is 0. The summed E-state index contributed by atoms with van der Waals surface area (Å²) in [5.74, 6) is 1.53. The first-order valence-corrected chi connectivity index (χ1v) is 5.17. The number of nitrogens with two attached hydrogens (primary N) is 2. The van der Waals surface area contributed by atoms with E-state index in [0.717, 1.165) is 23.5 Å². The summed E-state index contributed by atoms with van der Waals surface area (Å²) in [5.41, 5.74) is 12.4. The number of rotatable bonds is 2. The highest BCUT2D eigenvalue weighted by Gasteiger charge is 2.17. The predicted molar refractivity (Wildman–Crippen MR) is 58.0 cm³/mol. The molecule has 4 N–H and O–H groups in total. The van der Waals surface area contributed by atoms with Gasteiger partial charge < -0.3 is 20.9 Å². The molecule has 1 aromatic carbocycles. The molecule has 82 valence electrons. The Hall–Kier alpha value is -1.26. The maximum Gasteiger partial charge on any atom is 0.165 e. The zero-order valence-corrected chi connectivity index (χ0v) is 8.61. The maximum absolute atomic E-state index is 5.91. The molecule has 1 atom stereocenters. The van der Waals surface area contributed by atoms with Crippen molar-refractivity contribution >= 4 is 0 Å². The average molecular weight is 208 g/mol. The van der Waals surface area contributed by atoms with Crippen LogP contribution >= 0.6 is 0 Å². The van der Waals surface area contributed by atoms with Crippen molar-refractivity contribution in [1.29, 1.82) is 0 Å². The topological polar surface area (TPSA) is 70.5 Å². The Morgan fingerprint density at radius 2 is 2.07 bits per heavy atom. The first kappa shape index (κ1) is 10.3. The first-order valence-electron chi connectivity index (χ1n) is 5.17. The van der Waals surface area contributed by atoms with Crippen molar-refractivity contribution in [2.45, 2.75) is 12.5 Å². The molecular weight excluding hydrogens is 192 g/mol. The average Bonchev–Trinajstić information content (AvgIpc) is 2.52. The molecule has 0 spiro atoms. The fourth-order valence-electron chi connectivity index (χ4n) is 1.64. The number of para-hydroxylation sites is 1. The van der Waals surface area contributed by atoms with Crippen LogP contribution in [0, 0.1) is 0 Å². The van der Waals surface area contributed by atoms with Crippen molar-refractivity contribution in [2.24, 2.45) is 11.5 Å². The highest BCUT2D eigenvalue weighted by Crippen LogP contribution is 2.35. The van der Waals surface area contributed by atoms with Crippen molar-refractivity contribution in [3.05, 3.63) is 23.8 Å². The summed E-state index contributed by atoms with van der Waals surface area (Å²) in [5, 5.41) is 0. The summed E-state index contributed by atoms with van der Waals surface area (Å²) in [7, 11) is 0. The normalized spacial score (nSPS) is 16.9. The van der Waals surface area contributed by atoms with Gasteiger partial charge in [-0.15, -0.1) is 0 Å². The second kappa shape index (κ2) is 4.51. The molecular formula is C11H16N2O2. The van der Waals surface area contributed by atoms with Crippen LogP contribution in [0.5, 0.6) is 11.5 Å². The van der Waals surface area contributed by atoms with Gasteiger partial charge in [0.25, 0.3) is 0 Å². The summed E-state index contributed by atoms with van der Waals surface area (Å²) in [6.45, 7) is 1.76. The highest BCUT2D eigenvalue weighted by molar-refractivity contribution is 5.48. The van der Waals surface area contributed by atoms with Crippen LogP contribution in [0.3, 0.4) is 0 Å². The lowest BCUT2D eigenvalue weighted by Gasteiger charge is -2.16. The van der Waals surface area contributed by atoms with E-state index in [-0.39, 0.29) is 6.04 Å². The van der Waals surface area contributed by atoms with E-state index in [0.29, 0.717) is 19.8 Å². The fourth-order valence-corrected chi connectivity index (χ4v) is 1.64. The van der Waals surface area contributed by atoms with Crippen LogP contribution in [0.15, 0.2) is 18.2 Å². The molecule has 15 heavy (non-hydrogen) atoms. The summed E-state index contributed by atoms with van der Waals surface area (Å²) < 4.78 is 11.2. The van der Waals surface area contributed by atoms with Gasteiger partial charge in [0.1, 0.15) is 0 Å². The predicted octanol–water partition coefficient (Wildman–Crippen LogP) is 0.806. The monoisotopic (exact) mass is 208 g/mol.